The van der Waals surface area contributed by atoms with Crippen LogP contribution in [0.3, 0.4) is 0 Å². The van der Waals surface area contributed by atoms with Gasteiger partial charge in [0.05, 0.1) is 0 Å². The number of rotatable bonds is 4. The van der Waals surface area contributed by atoms with E-state index in [0.717, 1.165) is 43.8 Å². The van der Waals surface area contributed by atoms with Gasteiger partial charge in [0.2, 0.25) is 0 Å². The van der Waals surface area contributed by atoms with Crippen molar-refractivity contribution >= 4 is 11.0 Å². The standard InChI is InChI=1S/C22H23N3O/c26-22-20-15-24(13-16-5-2-1-3-6-16)12-10-18(20)19-7-4-11-23-21(19)25(22)14-17-8-9-17/h1-7,11,17H,8-10,12-15H2. The van der Waals surface area contributed by atoms with Gasteiger partial charge in [-0.15, -0.1) is 0 Å². The fourth-order valence-electron chi connectivity index (χ4n) is 4.12. The molecule has 1 fully saturated rings. The molecule has 2 aromatic heterocycles. The van der Waals surface area contributed by atoms with Gasteiger partial charge in [-0.1, -0.05) is 30.3 Å². The van der Waals surface area contributed by atoms with E-state index in [1.807, 2.05) is 22.9 Å². The summed E-state index contributed by atoms with van der Waals surface area (Å²) >= 11 is 0. The first-order chi connectivity index (χ1) is 12.8. The topological polar surface area (TPSA) is 38.1 Å². The number of benzene rings is 1. The van der Waals surface area contributed by atoms with Gasteiger partial charge in [0.1, 0.15) is 5.65 Å². The minimum Gasteiger partial charge on any atom is -0.294 e. The molecule has 132 valence electrons. The molecule has 0 atom stereocenters. The predicted octanol–water partition coefficient (Wildman–Crippen LogP) is 3.36. The van der Waals surface area contributed by atoms with Gasteiger partial charge in [-0.2, -0.15) is 0 Å². The van der Waals surface area contributed by atoms with E-state index in [4.69, 9.17) is 0 Å². The highest BCUT2D eigenvalue weighted by Crippen LogP contribution is 2.32. The van der Waals surface area contributed by atoms with Gasteiger partial charge in [-0.25, -0.2) is 4.98 Å². The zero-order valence-electron chi connectivity index (χ0n) is 14.9. The summed E-state index contributed by atoms with van der Waals surface area (Å²) in [5.74, 6) is 0.653. The van der Waals surface area contributed by atoms with Gasteiger partial charge < -0.3 is 0 Å². The molecule has 3 aromatic rings. The summed E-state index contributed by atoms with van der Waals surface area (Å²) < 4.78 is 1.94. The molecular formula is C22H23N3O. The van der Waals surface area contributed by atoms with Crippen LogP contribution >= 0.6 is 0 Å². The Kier molecular flexibility index (Phi) is 3.86. The first-order valence-corrected chi connectivity index (χ1v) is 9.55. The van der Waals surface area contributed by atoms with Crippen LogP contribution in [0.1, 0.15) is 29.5 Å². The number of fused-ring (bicyclic) bond motifs is 3. The highest BCUT2D eigenvalue weighted by Gasteiger charge is 2.27. The summed E-state index contributed by atoms with van der Waals surface area (Å²) in [6.45, 7) is 3.43. The molecular weight excluding hydrogens is 322 g/mol. The molecule has 0 amide bonds. The molecule has 0 radical (unpaired) electrons. The number of nitrogens with zero attached hydrogens (tertiary/aromatic N) is 3. The van der Waals surface area contributed by atoms with Crippen molar-refractivity contribution in [2.45, 2.75) is 38.9 Å². The van der Waals surface area contributed by atoms with Crippen molar-refractivity contribution in [1.82, 2.24) is 14.5 Å². The molecule has 1 aromatic carbocycles. The Balaban J connectivity index is 1.55. The predicted molar refractivity (Wildman–Crippen MR) is 103 cm³/mol. The molecule has 0 saturated heterocycles. The average molecular weight is 345 g/mol. The Labute approximate surface area is 153 Å². The summed E-state index contributed by atoms with van der Waals surface area (Å²) in [4.78, 5) is 20.2. The van der Waals surface area contributed by atoms with Crippen LogP contribution in [0.25, 0.3) is 11.0 Å². The third-order valence-electron chi connectivity index (χ3n) is 5.68. The van der Waals surface area contributed by atoms with Crippen molar-refractivity contribution < 1.29 is 0 Å². The van der Waals surface area contributed by atoms with Gasteiger partial charge in [-0.3, -0.25) is 14.3 Å². The molecule has 1 saturated carbocycles. The minimum absolute atomic E-state index is 0.177. The maximum Gasteiger partial charge on any atom is 0.257 e. The van der Waals surface area contributed by atoms with Gasteiger partial charge in [0.15, 0.2) is 0 Å². The third kappa shape index (κ3) is 2.84. The molecule has 2 aliphatic rings. The zero-order valence-corrected chi connectivity index (χ0v) is 14.9. The highest BCUT2D eigenvalue weighted by molar-refractivity contribution is 5.80. The Hall–Kier alpha value is -2.46. The number of pyridine rings is 2. The van der Waals surface area contributed by atoms with E-state index in [1.165, 1.54) is 29.4 Å². The van der Waals surface area contributed by atoms with E-state index in [1.54, 1.807) is 0 Å². The SMILES string of the molecule is O=c1c2c(c3cccnc3n1CC1CC1)CCN(Cc1ccccc1)C2. The van der Waals surface area contributed by atoms with E-state index >= 15 is 0 Å². The van der Waals surface area contributed by atoms with Crippen molar-refractivity contribution in [1.29, 1.82) is 0 Å². The zero-order chi connectivity index (χ0) is 17.5. The second-order valence-corrected chi connectivity index (χ2v) is 7.64. The Bertz CT molecular complexity index is 1010. The maximum atomic E-state index is 13.3. The van der Waals surface area contributed by atoms with Crippen LogP contribution in [0, 0.1) is 5.92 Å². The van der Waals surface area contributed by atoms with Crippen molar-refractivity contribution in [3.63, 3.8) is 0 Å². The smallest absolute Gasteiger partial charge is 0.257 e. The van der Waals surface area contributed by atoms with E-state index in [2.05, 4.69) is 40.2 Å². The van der Waals surface area contributed by atoms with Crippen LogP contribution in [0.5, 0.6) is 0 Å². The van der Waals surface area contributed by atoms with Crippen molar-refractivity contribution in [2.75, 3.05) is 6.54 Å². The van der Waals surface area contributed by atoms with Gasteiger partial charge >= 0.3 is 0 Å². The first-order valence-electron chi connectivity index (χ1n) is 9.55. The van der Waals surface area contributed by atoms with Crippen molar-refractivity contribution in [3.8, 4) is 0 Å². The molecule has 4 heteroatoms. The second-order valence-electron chi connectivity index (χ2n) is 7.64. The van der Waals surface area contributed by atoms with E-state index < -0.39 is 0 Å². The number of aromatic nitrogens is 2. The maximum absolute atomic E-state index is 13.3. The summed E-state index contributed by atoms with van der Waals surface area (Å²) in [6.07, 6.45) is 5.20. The van der Waals surface area contributed by atoms with Crippen LogP contribution < -0.4 is 5.56 Å². The van der Waals surface area contributed by atoms with Crippen LogP contribution in [-0.4, -0.2) is 21.0 Å². The van der Waals surface area contributed by atoms with Crippen LogP contribution in [0.2, 0.25) is 0 Å². The molecule has 5 rings (SSSR count). The lowest BCUT2D eigenvalue weighted by Gasteiger charge is -2.30. The highest BCUT2D eigenvalue weighted by atomic mass is 16.1. The van der Waals surface area contributed by atoms with E-state index in [0.29, 0.717) is 5.92 Å². The summed E-state index contributed by atoms with van der Waals surface area (Å²) in [6, 6.07) is 14.6. The lowest BCUT2D eigenvalue weighted by atomic mass is 9.97. The lowest BCUT2D eigenvalue weighted by molar-refractivity contribution is 0.244. The van der Waals surface area contributed by atoms with Gasteiger partial charge in [-0.05, 0) is 48.4 Å². The van der Waals surface area contributed by atoms with Gasteiger partial charge in [0, 0.05) is 43.3 Å². The molecule has 26 heavy (non-hydrogen) atoms. The van der Waals surface area contributed by atoms with Crippen LogP contribution in [0.15, 0.2) is 53.5 Å². The number of hydrogen-bond acceptors (Lipinski definition) is 3. The second kappa shape index (κ2) is 6.36. The van der Waals surface area contributed by atoms with E-state index in [9.17, 15) is 4.79 Å². The van der Waals surface area contributed by atoms with Gasteiger partial charge in [0.25, 0.3) is 5.56 Å². The molecule has 4 nitrogen and oxygen atoms in total. The lowest BCUT2D eigenvalue weighted by Crippen LogP contribution is -2.37. The van der Waals surface area contributed by atoms with Crippen LogP contribution in [-0.2, 0) is 26.1 Å². The fraction of sp³-hybridized carbons (Fsp3) is 0.364. The molecule has 1 aliphatic heterocycles. The fourth-order valence-corrected chi connectivity index (χ4v) is 4.12. The van der Waals surface area contributed by atoms with E-state index in [-0.39, 0.29) is 5.56 Å². The van der Waals surface area contributed by atoms with Crippen molar-refractivity contribution in [2.24, 2.45) is 5.92 Å². The molecule has 0 bridgehead atoms. The Morgan fingerprint density at radius 1 is 1.04 bits per heavy atom. The summed E-state index contributed by atoms with van der Waals surface area (Å²) in [5, 5.41) is 1.17. The summed E-state index contributed by atoms with van der Waals surface area (Å²) in [5.41, 5.74) is 4.55. The normalized spacial score (nSPS) is 17.4. The largest absolute Gasteiger partial charge is 0.294 e. The van der Waals surface area contributed by atoms with Crippen LogP contribution in [0.4, 0.5) is 0 Å². The Morgan fingerprint density at radius 2 is 1.88 bits per heavy atom. The monoisotopic (exact) mass is 345 g/mol. The molecule has 0 spiro atoms. The minimum atomic E-state index is 0.177. The Morgan fingerprint density at radius 3 is 2.69 bits per heavy atom. The molecule has 0 unspecified atom stereocenters. The first kappa shape index (κ1) is 15.8. The quantitative estimate of drug-likeness (QED) is 0.728. The summed E-state index contributed by atoms with van der Waals surface area (Å²) in [7, 11) is 0. The number of hydrogen-bond donors (Lipinski definition) is 0. The average Bonchev–Trinajstić information content (AvgIpc) is 3.50. The van der Waals surface area contributed by atoms with Crippen molar-refractivity contribution in [3.05, 3.63) is 75.7 Å². The molecule has 3 heterocycles. The third-order valence-corrected chi connectivity index (χ3v) is 5.68. The molecule has 0 N–H and O–H groups in total. The molecule has 1 aliphatic carbocycles.